The molecular weight excluding hydrogens is 579 g/mol. The van der Waals surface area contributed by atoms with Crippen LogP contribution in [0.4, 0.5) is 10.1 Å². The van der Waals surface area contributed by atoms with E-state index in [0.29, 0.717) is 23.5 Å². The molecule has 0 aliphatic carbocycles. The lowest BCUT2D eigenvalue weighted by atomic mass is 10.1. The van der Waals surface area contributed by atoms with Gasteiger partial charge in [0.2, 0.25) is 17.4 Å². The highest BCUT2D eigenvalue weighted by molar-refractivity contribution is 7.15. The number of nitrogens with zero attached hydrogens (tertiary/aromatic N) is 8. The molecule has 0 radical (unpaired) electrons. The average Bonchev–Trinajstić information content (AvgIpc) is 3.62. The summed E-state index contributed by atoms with van der Waals surface area (Å²) >= 11 is 1.16. The van der Waals surface area contributed by atoms with Gasteiger partial charge in [-0.15, -0.1) is 11.3 Å². The Morgan fingerprint density at radius 3 is 2.49 bits per heavy atom. The Hall–Kier alpha value is -4.63. The van der Waals surface area contributed by atoms with Crippen LogP contribution in [0.15, 0.2) is 41.6 Å². The van der Waals surface area contributed by atoms with Gasteiger partial charge in [-0.25, -0.2) is 18.8 Å². The first-order valence-corrected chi connectivity index (χ1v) is 14.3. The van der Waals surface area contributed by atoms with Crippen LogP contribution in [-0.2, 0) is 27.3 Å². The zero-order valence-corrected chi connectivity index (χ0v) is 25.0. The molecule has 4 aromatic rings. The van der Waals surface area contributed by atoms with E-state index >= 15 is 0 Å². The number of anilines is 1. The molecule has 4 heterocycles. The molecule has 0 saturated carbocycles. The Kier molecular flexibility index (Phi) is 8.28. The van der Waals surface area contributed by atoms with Crippen molar-refractivity contribution in [3.8, 4) is 16.5 Å². The number of halogens is 1. The summed E-state index contributed by atoms with van der Waals surface area (Å²) in [7, 11) is 6.30. The molecule has 3 aromatic heterocycles. The highest BCUT2D eigenvalue weighted by Crippen LogP contribution is 2.32. The number of thiazole rings is 1. The van der Waals surface area contributed by atoms with E-state index in [-0.39, 0.29) is 41.0 Å². The SMILES string of the molecule is CN1CCN(C(=O)Cn2ccn3c(=O)c(O)c(-c4ncc(Cc5ccc(F)cc5N(C)C(=O)C(=O)N(C)C)s4)nc23)CC1. The van der Waals surface area contributed by atoms with E-state index in [1.807, 2.05) is 7.05 Å². The first kappa shape index (κ1) is 29.8. The minimum Gasteiger partial charge on any atom is -0.501 e. The van der Waals surface area contributed by atoms with Gasteiger partial charge in [0.25, 0.3) is 0 Å². The van der Waals surface area contributed by atoms with Crippen LogP contribution in [0.3, 0.4) is 0 Å². The number of imidazole rings is 1. The Morgan fingerprint density at radius 1 is 1.07 bits per heavy atom. The molecule has 43 heavy (non-hydrogen) atoms. The van der Waals surface area contributed by atoms with Crippen molar-refractivity contribution in [1.29, 1.82) is 0 Å². The molecule has 0 spiro atoms. The lowest BCUT2D eigenvalue weighted by Gasteiger charge is -2.32. The molecule has 1 aliphatic heterocycles. The summed E-state index contributed by atoms with van der Waals surface area (Å²) in [6.45, 7) is 2.76. The van der Waals surface area contributed by atoms with Gasteiger partial charge >= 0.3 is 17.4 Å². The number of fused-ring (bicyclic) bond motifs is 1. The number of aromatic hydroxyl groups is 1. The van der Waals surface area contributed by atoms with Gasteiger partial charge in [-0.3, -0.25) is 19.2 Å². The van der Waals surface area contributed by atoms with Gasteiger partial charge < -0.3 is 29.3 Å². The minimum absolute atomic E-state index is 0.0180. The molecule has 13 nitrogen and oxygen atoms in total. The van der Waals surface area contributed by atoms with E-state index in [0.717, 1.165) is 34.2 Å². The van der Waals surface area contributed by atoms with Gasteiger partial charge in [0.1, 0.15) is 17.4 Å². The van der Waals surface area contributed by atoms with Gasteiger partial charge in [0.15, 0.2) is 5.69 Å². The molecule has 1 N–H and O–H groups in total. The second-order valence-corrected chi connectivity index (χ2v) is 11.7. The van der Waals surface area contributed by atoms with E-state index in [2.05, 4.69) is 14.9 Å². The van der Waals surface area contributed by atoms with Crippen LogP contribution in [-0.4, -0.2) is 111 Å². The number of hydrogen-bond acceptors (Lipinski definition) is 9. The van der Waals surface area contributed by atoms with Gasteiger partial charge in [-0.1, -0.05) is 6.07 Å². The fourth-order valence-electron chi connectivity index (χ4n) is 4.77. The maximum atomic E-state index is 14.2. The van der Waals surface area contributed by atoms with Gasteiger partial charge in [0, 0.05) is 77.2 Å². The molecule has 1 aromatic carbocycles. The summed E-state index contributed by atoms with van der Waals surface area (Å²) < 4.78 is 16.9. The standard InChI is InChI=1S/C28H31FN8O5S/c1-32(2)26(41)27(42)34(4)20-14-18(29)6-5-17(20)13-19-15-30-24(43-19)22-23(39)25(40)37-12-11-36(28(37)31-22)16-21(38)35-9-7-33(3)8-10-35/h5-6,11-12,14-15,39H,7-10,13,16H2,1-4H3. The number of likely N-dealkylation sites (N-methyl/N-ethyl adjacent to an activating group) is 3. The van der Waals surface area contributed by atoms with Crippen molar-refractivity contribution in [3.63, 3.8) is 0 Å². The molecular formula is C28H31FN8O5S. The summed E-state index contributed by atoms with van der Waals surface area (Å²) in [6.07, 6.45) is 4.79. The monoisotopic (exact) mass is 610 g/mol. The van der Waals surface area contributed by atoms with E-state index < -0.39 is 28.9 Å². The third-order valence-electron chi connectivity index (χ3n) is 7.31. The van der Waals surface area contributed by atoms with Crippen molar-refractivity contribution >= 4 is 40.5 Å². The first-order valence-electron chi connectivity index (χ1n) is 13.4. The first-order chi connectivity index (χ1) is 20.4. The van der Waals surface area contributed by atoms with Gasteiger partial charge in [-0.05, 0) is 24.7 Å². The minimum atomic E-state index is -0.821. The summed E-state index contributed by atoms with van der Waals surface area (Å²) in [5.74, 6) is -2.65. The summed E-state index contributed by atoms with van der Waals surface area (Å²) in [6, 6.07) is 3.96. The number of amides is 3. The van der Waals surface area contributed by atoms with Crippen LogP contribution in [0.25, 0.3) is 16.5 Å². The third kappa shape index (κ3) is 5.99. The van der Waals surface area contributed by atoms with Crippen molar-refractivity contribution < 1.29 is 23.9 Å². The third-order valence-corrected chi connectivity index (χ3v) is 8.31. The van der Waals surface area contributed by atoms with E-state index in [4.69, 9.17) is 0 Å². The van der Waals surface area contributed by atoms with Crippen LogP contribution in [0.2, 0.25) is 0 Å². The van der Waals surface area contributed by atoms with Crippen LogP contribution in [0.1, 0.15) is 10.4 Å². The Balaban J connectivity index is 1.42. The lowest BCUT2D eigenvalue weighted by molar-refractivity contribution is -0.142. The van der Waals surface area contributed by atoms with Crippen LogP contribution in [0, 0.1) is 5.82 Å². The van der Waals surface area contributed by atoms with Crippen LogP contribution < -0.4 is 10.5 Å². The molecule has 0 atom stereocenters. The lowest BCUT2D eigenvalue weighted by Crippen LogP contribution is -2.48. The predicted molar refractivity (Wildman–Crippen MR) is 158 cm³/mol. The fraction of sp³-hybridized carbons (Fsp3) is 0.357. The second-order valence-electron chi connectivity index (χ2n) is 10.5. The van der Waals surface area contributed by atoms with Crippen molar-refractivity contribution in [2.75, 3.05) is 59.3 Å². The molecule has 0 bridgehead atoms. The zero-order chi connectivity index (χ0) is 31.0. The molecule has 5 rings (SSSR count). The summed E-state index contributed by atoms with van der Waals surface area (Å²) in [4.78, 5) is 66.6. The Bertz CT molecular complexity index is 1770. The van der Waals surface area contributed by atoms with Crippen LogP contribution in [0.5, 0.6) is 5.75 Å². The maximum Gasteiger partial charge on any atom is 0.316 e. The Labute approximate surface area is 250 Å². The average molecular weight is 611 g/mol. The number of aromatic nitrogens is 4. The highest BCUT2D eigenvalue weighted by Gasteiger charge is 2.25. The van der Waals surface area contributed by atoms with Crippen molar-refractivity contribution in [2.24, 2.45) is 0 Å². The van der Waals surface area contributed by atoms with Gasteiger partial charge in [0.05, 0.1) is 5.69 Å². The number of benzene rings is 1. The summed E-state index contributed by atoms with van der Waals surface area (Å²) in [5, 5.41) is 11.0. The molecule has 226 valence electrons. The van der Waals surface area contributed by atoms with Crippen molar-refractivity contribution in [2.45, 2.75) is 13.0 Å². The van der Waals surface area contributed by atoms with Crippen LogP contribution >= 0.6 is 11.3 Å². The van der Waals surface area contributed by atoms with E-state index in [1.165, 1.54) is 49.9 Å². The number of piperazine rings is 1. The predicted octanol–water partition coefficient (Wildman–Crippen LogP) is 0.880. The highest BCUT2D eigenvalue weighted by atomic mass is 32.1. The summed E-state index contributed by atoms with van der Waals surface area (Å²) in [5.41, 5.74) is 0.0483. The van der Waals surface area contributed by atoms with E-state index in [1.54, 1.807) is 21.9 Å². The Morgan fingerprint density at radius 2 is 1.79 bits per heavy atom. The van der Waals surface area contributed by atoms with Crippen molar-refractivity contribution in [1.82, 2.24) is 33.6 Å². The molecule has 15 heteroatoms. The topological polar surface area (TPSA) is 137 Å². The molecule has 1 fully saturated rings. The van der Waals surface area contributed by atoms with Crippen molar-refractivity contribution in [3.05, 3.63) is 63.4 Å². The smallest absolute Gasteiger partial charge is 0.316 e. The second kappa shape index (κ2) is 11.9. The molecule has 0 unspecified atom stereocenters. The maximum absolute atomic E-state index is 14.2. The number of carbonyl (C=O) groups excluding carboxylic acids is 3. The molecule has 1 aliphatic rings. The number of hydrogen-bond donors (Lipinski definition) is 1. The normalized spacial score (nSPS) is 13.8. The number of carbonyl (C=O) groups is 3. The zero-order valence-electron chi connectivity index (χ0n) is 24.2. The molecule has 1 saturated heterocycles. The quantitative estimate of drug-likeness (QED) is 0.318. The molecule has 3 amide bonds. The fourth-order valence-corrected chi connectivity index (χ4v) is 5.69. The largest absolute Gasteiger partial charge is 0.501 e. The number of rotatable bonds is 6. The van der Waals surface area contributed by atoms with Gasteiger partial charge in [-0.2, -0.15) is 0 Å². The van der Waals surface area contributed by atoms with E-state index in [9.17, 15) is 28.7 Å².